The molecular formula is C25H24N4O4S. The van der Waals surface area contributed by atoms with Gasteiger partial charge in [0.05, 0.1) is 11.8 Å². The molecule has 0 unspecified atom stereocenters. The van der Waals surface area contributed by atoms with Gasteiger partial charge in [0.1, 0.15) is 22.9 Å². The average Bonchev–Trinajstić information content (AvgIpc) is 3.52. The van der Waals surface area contributed by atoms with E-state index in [-0.39, 0.29) is 17.4 Å². The number of nitrogens with zero attached hydrogens (tertiary/aromatic N) is 4. The topological polar surface area (TPSA) is 97.5 Å². The smallest absolute Gasteiger partial charge is 0.345 e. The van der Waals surface area contributed by atoms with Crippen LogP contribution in [0.2, 0.25) is 0 Å². The summed E-state index contributed by atoms with van der Waals surface area (Å²) in [5.74, 6) is -0.639. The summed E-state index contributed by atoms with van der Waals surface area (Å²) < 4.78 is 7.79. The lowest BCUT2D eigenvalue weighted by molar-refractivity contribution is 0.0702. The largest absolute Gasteiger partial charge is 0.487 e. The van der Waals surface area contributed by atoms with Crippen LogP contribution in [0.1, 0.15) is 36.9 Å². The number of amides is 1. The van der Waals surface area contributed by atoms with Gasteiger partial charge < -0.3 is 14.7 Å². The van der Waals surface area contributed by atoms with Gasteiger partial charge >= 0.3 is 5.97 Å². The number of carbonyl (C=O) groups is 2. The van der Waals surface area contributed by atoms with E-state index in [9.17, 15) is 9.59 Å². The van der Waals surface area contributed by atoms with Crippen LogP contribution in [0, 0.1) is 0 Å². The van der Waals surface area contributed by atoms with Crippen molar-refractivity contribution in [2.24, 2.45) is 0 Å². The molecule has 9 heteroatoms. The zero-order valence-electron chi connectivity index (χ0n) is 18.6. The fourth-order valence-corrected chi connectivity index (χ4v) is 4.16. The van der Waals surface area contributed by atoms with Gasteiger partial charge in [-0.2, -0.15) is 0 Å². The number of aromatic carboxylic acids is 1. The molecule has 2 aromatic heterocycles. The quantitative estimate of drug-likeness (QED) is 0.370. The number of hydrogen-bond donors (Lipinski definition) is 1. The van der Waals surface area contributed by atoms with Gasteiger partial charge in [-0.15, -0.1) is 16.4 Å². The summed E-state index contributed by atoms with van der Waals surface area (Å²) >= 11 is 1.04. The van der Waals surface area contributed by atoms with Crippen molar-refractivity contribution in [3.05, 3.63) is 99.5 Å². The minimum atomic E-state index is -1.04. The van der Waals surface area contributed by atoms with Gasteiger partial charge in [0.25, 0.3) is 5.91 Å². The van der Waals surface area contributed by atoms with E-state index in [0.29, 0.717) is 23.6 Å². The molecule has 0 fully saturated rings. The highest BCUT2D eigenvalue weighted by molar-refractivity contribution is 7.12. The lowest BCUT2D eigenvalue weighted by Crippen LogP contribution is -2.26. The molecule has 0 saturated heterocycles. The Hall–Kier alpha value is -3.98. The zero-order valence-corrected chi connectivity index (χ0v) is 19.4. The zero-order chi connectivity index (χ0) is 23.9. The molecule has 0 bridgehead atoms. The van der Waals surface area contributed by atoms with E-state index in [4.69, 9.17) is 9.84 Å². The number of thiophene rings is 1. The second-order valence-corrected chi connectivity index (χ2v) is 8.68. The third-order valence-electron chi connectivity index (χ3n) is 5.22. The van der Waals surface area contributed by atoms with Crippen molar-refractivity contribution >= 4 is 23.2 Å². The minimum Gasteiger partial charge on any atom is -0.487 e. The van der Waals surface area contributed by atoms with Crippen molar-refractivity contribution < 1.29 is 19.4 Å². The standard InChI is InChI=1S/C25H24N4O4S/c1-28(24(30)20-13-23(25(31)32)34-17-20)14-19-9-5-6-10-22(19)33-16-21-15-29(27-26-21)12-11-18-7-3-2-4-8-18/h2-10,13,15,17H,11-12,14,16H2,1H3,(H,31,32). The summed E-state index contributed by atoms with van der Waals surface area (Å²) in [6.07, 6.45) is 2.74. The number of rotatable bonds is 10. The van der Waals surface area contributed by atoms with Crippen molar-refractivity contribution in [3.63, 3.8) is 0 Å². The number of carbonyl (C=O) groups excluding carboxylic acids is 1. The van der Waals surface area contributed by atoms with Crippen LogP contribution in [-0.4, -0.2) is 43.9 Å². The summed E-state index contributed by atoms with van der Waals surface area (Å²) in [7, 11) is 1.68. The van der Waals surface area contributed by atoms with Gasteiger partial charge in [0, 0.05) is 31.1 Å². The molecule has 0 saturated carbocycles. The van der Waals surface area contributed by atoms with Gasteiger partial charge in [0.15, 0.2) is 0 Å². The van der Waals surface area contributed by atoms with Crippen LogP contribution >= 0.6 is 11.3 Å². The Labute approximate surface area is 201 Å². The van der Waals surface area contributed by atoms with Crippen LogP contribution in [0.5, 0.6) is 5.75 Å². The second-order valence-electron chi connectivity index (χ2n) is 7.77. The number of carboxylic acid groups (broad SMARTS) is 1. The molecule has 0 radical (unpaired) electrons. The normalized spacial score (nSPS) is 10.7. The Bertz CT molecular complexity index is 1270. The van der Waals surface area contributed by atoms with Crippen molar-refractivity contribution in [2.45, 2.75) is 26.1 Å². The second kappa shape index (κ2) is 10.8. The minimum absolute atomic E-state index is 0.136. The van der Waals surface area contributed by atoms with Crippen LogP contribution in [0.25, 0.3) is 0 Å². The van der Waals surface area contributed by atoms with Gasteiger partial charge in [-0.25, -0.2) is 4.79 Å². The molecule has 2 aromatic carbocycles. The number of aryl methyl sites for hydroxylation is 2. The van der Waals surface area contributed by atoms with E-state index in [1.165, 1.54) is 16.5 Å². The maximum atomic E-state index is 12.7. The third-order valence-corrected chi connectivity index (χ3v) is 6.14. The number of para-hydroxylation sites is 1. The highest BCUT2D eigenvalue weighted by atomic mass is 32.1. The molecule has 0 aliphatic rings. The SMILES string of the molecule is CN(Cc1ccccc1OCc1cn(CCc2ccccc2)nn1)C(=O)c1csc(C(=O)O)c1. The molecule has 174 valence electrons. The van der Waals surface area contributed by atoms with E-state index in [1.54, 1.807) is 17.1 Å². The average molecular weight is 477 g/mol. The monoisotopic (exact) mass is 476 g/mol. The first kappa shape index (κ1) is 23.2. The summed E-state index contributed by atoms with van der Waals surface area (Å²) in [5, 5.41) is 19.0. The van der Waals surface area contributed by atoms with E-state index >= 15 is 0 Å². The van der Waals surface area contributed by atoms with Crippen molar-refractivity contribution in [3.8, 4) is 5.75 Å². The number of ether oxygens (including phenoxy) is 1. The van der Waals surface area contributed by atoms with Crippen LogP contribution in [0.4, 0.5) is 0 Å². The lowest BCUT2D eigenvalue weighted by atomic mass is 10.1. The first-order valence-electron chi connectivity index (χ1n) is 10.7. The first-order valence-corrected chi connectivity index (χ1v) is 11.6. The predicted octanol–water partition coefficient (Wildman–Crippen LogP) is 4.13. The molecule has 2 heterocycles. The number of benzene rings is 2. The number of hydrogen-bond acceptors (Lipinski definition) is 6. The van der Waals surface area contributed by atoms with E-state index < -0.39 is 5.97 Å². The molecule has 34 heavy (non-hydrogen) atoms. The predicted molar refractivity (Wildman–Crippen MR) is 128 cm³/mol. The van der Waals surface area contributed by atoms with Gasteiger partial charge in [0.2, 0.25) is 0 Å². The van der Waals surface area contributed by atoms with Crippen molar-refractivity contribution in [2.75, 3.05) is 7.05 Å². The molecule has 0 atom stereocenters. The van der Waals surface area contributed by atoms with Gasteiger partial charge in [-0.3, -0.25) is 9.48 Å². The van der Waals surface area contributed by atoms with E-state index in [2.05, 4.69) is 22.4 Å². The highest BCUT2D eigenvalue weighted by Crippen LogP contribution is 2.22. The van der Waals surface area contributed by atoms with Crippen LogP contribution in [-0.2, 0) is 26.1 Å². The molecule has 1 N–H and O–H groups in total. The maximum absolute atomic E-state index is 12.7. The fraction of sp³-hybridized carbons (Fsp3) is 0.200. The van der Waals surface area contributed by atoms with Crippen LogP contribution < -0.4 is 4.74 Å². The Morgan fingerprint density at radius 2 is 1.88 bits per heavy atom. The lowest BCUT2D eigenvalue weighted by Gasteiger charge is -2.19. The summed E-state index contributed by atoms with van der Waals surface area (Å²) in [5.41, 5.74) is 3.15. The molecule has 4 rings (SSSR count). The summed E-state index contributed by atoms with van der Waals surface area (Å²) in [6, 6.07) is 19.1. The van der Waals surface area contributed by atoms with Crippen molar-refractivity contribution in [1.82, 2.24) is 19.9 Å². The van der Waals surface area contributed by atoms with Crippen LogP contribution in [0.15, 0.2) is 72.2 Å². The summed E-state index contributed by atoms with van der Waals surface area (Å²) in [6.45, 7) is 1.30. The van der Waals surface area contributed by atoms with E-state index in [1.807, 2.05) is 48.7 Å². The Morgan fingerprint density at radius 1 is 1.12 bits per heavy atom. The number of carboxylic acids is 1. The Kier molecular flexibility index (Phi) is 7.34. The molecule has 0 aliphatic carbocycles. The first-order chi connectivity index (χ1) is 16.5. The number of aromatic nitrogens is 3. The van der Waals surface area contributed by atoms with E-state index in [0.717, 1.165) is 29.9 Å². The van der Waals surface area contributed by atoms with Crippen molar-refractivity contribution in [1.29, 1.82) is 0 Å². The van der Waals surface area contributed by atoms with Crippen LogP contribution in [0.3, 0.4) is 0 Å². The maximum Gasteiger partial charge on any atom is 0.345 e. The Balaban J connectivity index is 1.35. The third kappa shape index (κ3) is 5.87. The molecule has 8 nitrogen and oxygen atoms in total. The van der Waals surface area contributed by atoms with Gasteiger partial charge in [-0.1, -0.05) is 53.7 Å². The molecule has 4 aromatic rings. The molecular weight excluding hydrogens is 452 g/mol. The molecule has 0 aliphatic heterocycles. The van der Waals surface area contributed by atoms with Gasteiger partial charge in [-0.05, 0) is 24.1 Å². The molecule has 1 amide bonds. The summed E-state index contributed by atoms with van der Waals surface area (Å²) in [4.78, 5) is 25.5. The highest BCUT2D eigenvalue weighted by Gasteiger charge is 2.18. The Morgan fingerprint density at radius 3 is 2.65 bits per heavy atom. The molecule has 0 spiro atoms. The fourth-order valence-electron chi connectivity index (χ4n) is 3.44.